The Balaban J connectivity index is 2.18. The van der Waals surface area contributed by atoms with E-state index in [1.807, 2.05) is 0 Å². The van der Waals surface area contributed by atoms with Crippen molar-refractivity contribution in [2.45, 2.75) is 20.4 Å². The molecule has 0 radical (unpaired) electrons. The van der Waals surface area contributed by atoms with Gasteiger partial charge in [0.1, 0.15) is 5.69 Å². The highest BCUT2D eigenvalue weighted by Crippen LogP contribution is 2.22. The highest BCUT2D eigenvalue weighted by molar-refractivity contribution is 6.33. The fourth-order valence-electron chi connectivity index (χ4n) is 2.47. The maximum Gasteiger partial charge on any atom is 0.272 e. The van der Waals surface area contributed by atoms with E-state index >= 15 is 0 Å². The minimum atomic E-state index is -0.101. The molecule has 1 aromatic heterocycles. The third kappa shape index (κ3) is 4.97. The van der Waals surface area contributed by atoms with Crippen LogP contribution in [0.2, 0.25) is 10.0 Å². The van der Waals surface area contributed by atoms with Crippen LogP contribution in [0.4, 0.5) is 0 Å². The molecule has 0 spiro atoms. The van der Waals surface area contributed by atoms with E-state index in [1.165, 1.54) is 0 Å². The molecule has 5 nitrogen and oxygen atoms in total. The second kappa shape index (κ2) is 9.06. The Kier molecular flexibility index (Phi) is 7.09. The van der Waals surface area contributed by atoms with Gasteiger partial charge < -0.3 is 9.80 Å². The number of hydrogen-bond donors (Lipinski definition) is 1. The van der Waals surface area contributed by atoms with Crippen molar-refractivity contribution < 1.29 is 4.79 Å². The summed E-state index contributed by atoms with van der Waals surface area (Å²) in [6.45, 7) is 7.91. The fourth-order valence-corrected chi connectivity index (χ4v) is 2.84. The number of halogens is 2. The second-order valence-electron chi connectivity index (χ2n) is 5.46. The molecule has 2 rings (SSSR count). The monoisotopic (exact) mass is 368 g/mol. The van der Waals surface area contributed by atoms with Crippen molar-refractivity contribution in [1.29, 1.82) is 0 Å². The van der Waals surface area contributed by atoms with Gasteiger partial charge in [0.25, 0.3) is 5.91 Å². The topological polar surface area (TPSA) is 52.2 Å². The van der Waals surface area contributed by atoms with Crippen LogP contribution >= 0.6 is 23.2 Å². The summed E-state index contributed by atoms with van der Waals surface area (Å²) in [5.74, 6) is -0.101. The number of carbonyl (C=O) groups excluding carboxylic acids is 1. The average Bonchev–Trinajstić information content (AvgIpc) is 3.11. The first-order valence-electron chi connectivity index (χ1n) is 8.00. The number of nitrogens with one attached hydrogen (secondary N) is 1. The van der Waals surface area contributed by atoms with Gasteiger partial charge in [-0.2, -0.15) is 5.10 Å². The van der Waals surface area contributed by atoms with Gasteiger partial charge in [-0.1, -0.05) is 37.0 Å². The molecule has 0 bridgehead atoms. The van der Waals surface area contributed by atoms with Crippen molar-refractivity contribution in [2.24, 2.45) is 0 Å². The Morgan fingerprint density at radius 2 is 1.92 bits per heavy atom. The van der Waals surface area contributed by atoms with E-state index in [9.17, 15) is 4.79 Å². The van der Waals surface area contributed by atoms with Gasteiger partial charge in [-0.3, -0.25) is 9.89 Å². The van der Waals surface area contributed by atoms with Crippen LogP contribution in [0, 0.1) is 0 Å². The molecule has 0 aliphatic carbocycles. The van der Waals surface area contributed by atoms with E-state index in [0.717, 1.165) is 25.2 Å². The molecule has 0 fully saturated rings. The normalized spacial score (nSPS) is 11.0. The maximum absolute atomic E-state index is 12.8. The van der Waals surface area contributed by atoms with E-state index in [4.69, 9.17) is 23.2 Å². The molecule has 24 heavy (non-hydrogen) atoms. The van der Waals surface area contributed by atoms with E-state index in [2.05, 4.69) is 28.9 Å². The Labute approximate surface area is 152 Å². The number of likely N-dealkylation sites (N-methyl/N-ethyl adjacent to an activating group) is 1. The van der Waals surface area contributed by atoms with Gasteiger partial charge in [-0.05, 0) is 42.9 Å². The van der Waals surface area contributed by atoms with E-state index in [1.54, 1.807) is 35.4 Å². The van der Waals surface area contributed by atoms with Crippen LogP contribution in [0.1, 0.15) is 29.9 Å². The summed E-state index contributed by atoms with van der Waals surface area (Å²) >= 11 is 12.3. The van der Waals surface area contributed by atoms with Crippen molar-refractivity contribution in [3.63, 3.8) is 0 Å². The standard InChI is InChI=1S/C17H22Cl2N4O/c1-3-22(4-2)9-10-23(17(24)16-7-8-20-21-16)12-13-11-14(18)5-6-15(13)19/h5-8,11H,3-4,9-10,12H2,1-2H3,(H,20,21). The molecular formula is C17H22Cl2N4O. The molecule has 130 valence electrons. The number of carbonyl (C=O) groups is 1. The summed E-state index contributed by atoms with van der Waals surface area (Å²) in [6.07, 6.45) is 1.57. The Bertz CT molecular complexity index is 657. The first-order valence-corrected chi connectivity index (χ1v) is 8.75. The number of nitrogens with zero attached hydrogens (tertiary/aromatic N) is 3. The number of H-pyrrole nitrogens is 1. The summed E-state index contributed by atoms with van der Waals surface area (Å²) in [5.41, 5.74) is 1.30. The van der Waals surface area contributed by atoms with Gasteiger partial charge in [-0.15, -0.1) is 0 Å². The molecule has 0 saturated carbocycles. The lowest BCUT2D eigenvalue weighted by atomic mass is 10.2. The van der Waals surface area contributed by atoms with Crippen LogP contribution in [0.5, 0.6) is 0 Å². The van der Waals surface area contributed by atoms with Gasteiger partial charge in [-0.25, -0.2) is 0 Å². The van der Waals surface area contributed by atoms with Gasteiger partial charge in [0.2, 0.25) is 0 Å². The lowest BCUT2D eigenvalue weighted by Gasteiger charge is -2.26. The quantitative estimate of drug-likeness (QED) is 0.772. The number of rotatable bonds is 8. The molecule has 0 atom stereocenters. The van der Waals surface area contributed by atoms with Crippen LogP contribution in [-0.2, 0) is 6.54 Å². The zero-order chi connectivity index (χ0) is 17.5. The summed E-state index contributed by atoms with van der Waals surface area (Å²) in [7, 11) is 0. The molecule has 1 N–H and O–H groups in total. The smallest absolute Gasteiger partial charge is 0.272 e. The zero-order valence-electron chi connectivity index (χ0n) is 13.9. The van der Waals surface area contributed by atoms with Crippen LogP contribution in [0.25, 0.3) is 0 Å². The Morgan fingerprint density at radius 1 is 1.17 bits per heavy atom. The zero-order valence-corrected chi connectivity index (χ0v) is 15.4. The molecule has 1 aromatic carbocycles. The summed E-state index contributed by atoms with van der Waals surface area (Å²) < 4.78 is 0. The number of hydrogen-bond acceptors (Lipinski definition) is 3. The Hall–Kier alpha value is -1.56. The van der Waals surface area contributed by atoms with Crippen molar-refractivity contribution >= 4 is 29.1 Å². The molecule has 0 unspecified atom stereocenters. The highest BCUT2D eigenvalue weighted by Gasteiger charge is 2.19. The fraction of sp³-hybridized carbons (Fsp3) is 0.412. The predicted octanol–water partition coefficient (Wildman–Crippen LogP) is 3.70. The summed E-state index contributed by atoms with van der Waals surface area (Å²) in [6, 6.07) is 6.97. The minimum absolute atomic E-state index is 0.101. The maximum atomic E-state index is 12.8. The lowest BCUT2D eigenvalue weighted by molar-refractivity contribution is 0.0718. The molecule has 1 heterocycles. The largest absolute Gasteiger partial charge is 0.332 e. The Morgan fingerprint density at radius 3 is 2.54 bits per heavy atom. The van der Waals surface area contributed by atoms with E-state index in [-0.39, 0.29) is 5.91 Å². The third-order valence-corrected chi connectivity index (χ3v) is 4.57. The number of amides is 1. The van der Waals surface area contributed by atoms with Crippen molar-refractivity contribution in [3.05, 3.63) is 51.8 Å². The summed E-state index contributed by atoms with van der Waals surface area (Å²) in [4.78, 5) is 16.8. The number of aromatic nitrogens is 2. The van der Waals surface area contributed by atoms with Crippen molar-refractivity contribution in [1.82, 2.24) is 20.0 Å². The molecule has 0 saturated heterocycles. The van der Waals surface area contributed by atoms with E-state index in [0.29, 0.717) is 28.8 Å². The molecular weight excluding hydrogens is 347 g/mol. The molecule has 2 aromatic rings. The minimum Gasteiger partial charge on any atom is -0.332 e. The SMILES string of the molecule is CCN(CC)CCN(Cc1cc(Cl)ccc1Cl)C(=O)c1ccn[nH]1. The molecule has 0 aliphatic rings. The second-order valence-corrected chi connectivity index (χ2v) is 6.30. The predicted molar refractivity (Wildman–Crippen MR) is 97.6 cm³/mol. The van der Waals surface area contributed by atoms with Crippen LogP contribution < -0.4 is 0 Å². The number of aromatic amines is 1. The van der Waals surface area contributed by atoms with Crippen LogP contribution in [0.15, 0.2) is 30.5 Å². The van der Waals surface area contributed by atoms with Crippen molar-refractivity contribution in [3.8, 4) is 0 Å². The van der Waals surface area contributed by atoms with Gasteiger partial charge in [0.05, 0.1) is 0 Å². The highest BCUT2D eigenvalue weighted by atomic mass is 35.5. The first-order chi connectivity index (χ1) is 11.5. The molecule has 0 aliphatic heterocycles. The van der Waals surface area contributed by atoms with Crippen molar-refractivity contribution in [2.75, 3.05) is 26.2 Å². The van der Waals surface area contributed by atoms with Gasteiger partial charge in [0, 0.05) is 35.9 Å². The van der Waals surface area contributed by atoms with Crippen LogP contribution in [-0.4, -0.2) is 52.1 Å². The first kappa shape index (κ1) is 18.8. The summed E-state index contributed by atoms with van der Waals surface area (Å²) in [5, 5.41) is 7.80. The van der Waals surface area contributed by atoms with E-state index < -0.39 is 0 Å². The average molecular weight is 369 g/mol. The molecule has 1 amide bonds. The van der Waals surface area contributed by atoms with Crippen LogP contribution in [0.3, 0.4) is 0 Å². The molecule has 7 heteroatoms. The number of benzene rings is 1. The lowest BCUT2D eigenvalue weighted by Crippen LogP contribution is -2.38. The van der Waals surface area contributed by atoms with Gasteiger partial charge >= 0.3 is 0 Å². The van der Waals surface area contributed by atoms with Gasteiger partial charge in [0.15, 0.2) is 0 Å². The third-order valence-electron chi connectivity index (χ3n) is 3.97.